The zero-order valence-corrected chi connectivity index (χ0v) is 16.0. The molecule has 1 saturated heterocycles. The lowest BCUT2D eigenvalue weighted by atomic mass is 10.2. The Morgan fingerprint density at radius 2 is 1.93 bits per heavy atom. The van der Waals surface area contributed by atoms with Gasteiger partial charge in [-0.15, -0.1) is 15.3 Å². The van der Waals surface area contributed by atoms with Crippen molar-refractivity contribution in [1.29, 1.82) is 0 Å². The van der Waals surface area contributed by atoms with Crippen molar-refractivity contribution in [2.45, 2.75) is 12.6 Å². The number of rotatable bonds is 3. The number of methoxy groups -OCH3 is 1. The molecule has 0 spiro atoms. The molecule has 9 nitrogen and oxygen atoms in total. The van der Waals surface area contributed by atoms with Gasteiger partial charge in [-0.05, 0) is 30.7 Å². The van der Waals surface area contributed by atoms with Gasteiger partial charge in [0.1, 0.15) is 11.4 Å². The summed E-state index contributed by atoms with van der Waals surface area (Å²) in [5, 5.41) is 10.8. The van der Waals surface area contributed by atoms with Crippen molar-refractivity contribution in [1.82, 2.24) is 29.7 Å². The van der Waals surface area contributed by atoms with Crippen LogP contribution in [0.2, 0.25) is 0 Å². The quantitative estimate of drug-likeness (QED) is 0.638. The van der Waals surface area contributed by atoms with Gasteiger partial charge in [-0.1, -0.05) is 0 Å². The first-order valence-corrected chi connectivity index (χ1v) is 9.21. The fourth-order valence-electron chi connectivity index (χ4n) is 3.36. The number of aromatic nitrogens is 5. The molecule has 0 radical (unpaired) electrons. The highest BCUT2D eigenvalue weighted by Crippen LogP contribution is 2.28. The Kier molecular flexibility index (Phi) is 5.14. The standard InChI is InChI=1S/C18H18F3N7O2/c1-30-15-12(4-2-7-22-15)16(29)27-9-3-8-26(10-11-27)14-6-5-13-23-24-17(18(19,20)21)28(13)25-14/h2,4-7H,3,8-11H2,1H3. The number of fused-ring (bicyclic) bond motifs is 1. The van der Waals surface area contributed by atoms with Crippen LogP contribution in [0.1, 0.15) is 22.6 Å². The predicted octanol–water partition coefficient (Wildman–Crippen LogP) is 1.90. The molecule has 1 fully saturated rings. The van der Waals surface area contributed by atoms with Crippen LogP contribution in [0.15, 0.2) is 30.5 Å². The average molecular weight is 421 g/mol. The van der Waals surface area contributed by atoms with Gasteiger partial charge in [0.25, 0.3) is 11.7 Å². The van der Waals surface area contributed by atoms with E-state index < -0.39 is 12.0 Å². The van der Waals surface area contributed by atoms with Crippen LogP contribution in [-0.4, -0.2) is 68.9 Å². The van der Waals surface area contributed by atoms with E-state index in [1.54, 1.807) is 29.3 Å². The van der Waals surface area contributed by atoms with Crippen molar-refractivity contribution in [2.24, 2.45) is 0 Å². The van der Waals surface area contributed by atoms with E-state index in [0.29, 0.717) is 48.5 Å². The van der Waals surface area contributed by atoms with E-state index in [0.717, 1.165) is 0 Å². The largest absolute Gasteiger partial charge is 0.480 e. The number of pyridine rings is 1. The molecule has 1 amide bonds. The Hall–Kier alpha value is -3.44. The normalized spacial score (nSPS) is 15.3. The Balaban J connectivity index is 1.54. The molecule has 0 unspecified atom stereocenters. The summed E-state index contributed by atoms with van der Waals surface area (Å²) in [5.41, 5.74) is 0.383. The summed E-state index contributed by atoms with van der Waals surface area (Å²) < 4.78 is 45.2. The molecule has 0 atom stereocenters. The van der Waals surface area contributed by atoms with Crippen molar-refractivity contribution in [3.05, 3.63) is 41.9 Å². The molecule has 0 bridgehead atoms. The van der Waals surface area contributed by atoms with Crippen LogP contribution in [0, 0.1) is 0 Å². The van der Waals surface area contributed by atoms with Gasteiger partial charge in [0.15, 0.2) is 5.65 Å². The van der Waals surface area contributed by atoms with Crippen molar-refractivity contribution in [3.63, 3.8) is 0 Å². The highest BCUT2D eigenvalue weighted by atomic mass is 19.4. The third-order valence-corrected chi connectivity index (χ3v) is 4.80. The molecular formula is C18H18F3N7O2. The first-order chi connectivity index (χ1) is 14.4. The average Bonchev–Trinajstić information content (AvgIpc) is 3.02. The van der Waals surface area contributed by atoms with Gasteiger partial charge in [-0.3, -0.25) is 4.79 Å². The summed E-state index contributed by atoms with van der Waals surface area (Å²) in [4.78, 5) is 20.5. The Labute approximate surface area is 169 Å². The highest BCUT2D eigenvalue weighted by Gasteiger charge is 2.38. The molecule has 0 N–H and O–H groups in total. The number of hydrogen-bond donors (Lipinski definition) is 0. The number of alkyl halides is 3. The number of halogens is 3. The summed E-state index contributed by atoms with van der Waals surface area (Å²) in [7, 11) is 1.45. The van der Waals surface area contributed by atoms with Crippen LogP contribution >= 0.6 is 0 Å². The van der Waals surface area contributed by atoms with E-state index in [1.165, 1.54) is 13.2 Å². The third-order valence-electron chi connectivity index (χ3n) is 4.80. The first kappa shape index (κ1) is 19.9. The fraction of sp³-hybridized carbons (Fsp3) is 0.389. The predicted molar refractivity (Wildman–Crippen MR) is 99.3 cm³/mol. The molecule has 0 saturated carbocycles. The smallest absolute Gasteiger partial charge is 0.453 e. The van der Waals surface area contributed by atoms with Gasteiger partial charge in [0, 0.05) is 32.4 Å². The van der Waals surface area contributed by atoms with Crippen molar-refractivity contribution in [3.8, 4) is 5.88 Å². The molecule has 3 aromatic rings. The lowest BCUT2D eigenvalue weighted by molar-refractivity contribution is -0.146. The maximum Gasteiger partial charge on any atom is 0.453 e. The molecule has 1 aliphatic heterocycles. The second kappa shape index (κ2) is 7.76. The molecule has 3 aromatic heterocycles. The summed E-state index contributed by atoms with van der Waals surface area (Å²) in [6.45, 7) is 1.83. The minimum Gasteiger partial charge on any atom is -0.480 e. The van der Waals surface area contributed by atoms with E-state index in [4.69, 9.17) is 4.74 Å². The van der Waals surface area contributed by atoms with Crippen molar-refractivity contribution in [2.75, 3.05) is 38.2 Å². The van der Waals surface area contributed by atoms with Crippen LogP contribution in [0.4, 0.5) is 19.0 Å². The van der Waals surface area contributed by atoms with Gasteiger partial charge >= 0.3 is 6.18 Å². The summed E-state index contributed by atoms with van der Waals surface area (Å²) in [6.07, 6.45) is -2.49. The van der Waals surface area contributed by atoms with Gasteiger partial charge in [-0.2, -0.15) is 17.7 Å². The van der Waals surface area contributed by atoms with Gasteiger partial charge in [0.2, 0.25) is 5.88 Å². The molecule has 30 heavy (non-hydrogen) atoms. The number of carbonyl (C=O) groups is 1. The molecule has 4 heterocycles. The molecule has 4 rings (SSSR count). The number of carbonyl (C=O) groups excluding carboxylic acids is 1. The van der Waals surface area contributed by atoms with E-state index >= 15 is 0 Å². The van der Waals surface area contributed by atoms with Crippen LogP contribution in [0.5, 0.6) is 5.88 Å². The lowest BCUT2D eigenvalue weighted by Crippen LogP contribution is -2.35. The first-order valence-electron chi connectivity index (χ1n) is 9.21. The van der Waals surface area contributed by atoms with E-state index in [2.05, 4.69) is 20.3 Å². The summed E-state index contributed by atoms with van der Waals surface area (Å²) in [6, 6.07) is 6.36. The maximum atomic E-state index is 13.1. The van der Waals surface area contributed by atoms with Crippen LogP contribution in [0.3, 0.4) is 0 Å². The zero-order valence-electron chi connectivity index (χ0n) is 16.0. The Morgan fingerprint density at radius 3 is 2.70 bits per heavy atom. The van der Waals surface area contributed by atoms with Crippen LogP contribution < -0.4 is 9.64 Å². The third kappa shape index (κ3) is 3.72. The van der Waals surface area contributed by atoms with Crippen LogP contribution in [0.25, 0.3) is 5.65 Å². The maximum absolute atomic E-state index is 13.1. The molecular weight excluding hydrogens is 403 g/mol. The zero-order chi connectivity index (χ0) is 21.3. The second-order valence-electron chi connectivity index (χ2n) is 6.68. The van der Waals surface area contributed by atoms with Gasteiger partial charge < -0.3 is 14.5 Å². The van der Waals surface area contributed by atoms with E-state index in [1.807, 2.05) is 4.90 Å². The molecule has 12 heteroatoms. The number of anilines is 1. The molecule has 158 valence electrons. The SMILES string of the molecule is COc1ncccc1C(=O)N1CCCN(c2ccc3nnc(C(F)(F)F)n3n2)CC1. The Morgan fingerprint density at radius 1 is 1.10 bits per heavy atom. The highest BCUT2D eigenvalue weighted by molar-refractivity contribution is 5.96. The number of ether oxygens (including phenoxy) is 1. The number of nitrogens with zero attached hydrogens (tertiary/aromatic N) is 7. The molecule has 1 aliphatic rings. The fourth-order valence-corrected chi connectivity index (χ4v) is 3.36. The Bertz CT molecular complexity index is 1070. The minimum atomic E-state index is -4.66. The van der Waals surface area contributed by atoms with Gasteiger partial charge in [0.05, 0.1) is 7.11 Å². The minimum absolute atomic E-state index is 0.0152. The van der Waals surface area contributed by atoms with E-state index in [9.17, 15) is 18.0 Å². The number of amides is 1. The number of hydrogen-bond acceptors (Lipinski definition) is 7. The van der Waals surface area contributed by atoms with Crippen molar-refractivity contribution >= 4 is 17.4 Å². The summed E-state index contributed by atoms with van der Waals surface area (Å²) >= 11 is 0. The molecule has 0 aromatic carbocycles. The lowest BCUT2D eigenvalue weighted by Gasteiger charge is -2.23. The topological polar surface area (TPSA) is 88.8 Å². The summed E-state index contributed by atoms with van der Waals surface area (Å²) in [5.74, 6) is -0.762. The van der Waals surface area contributed by atoms with Crippen molar-refractivity contribution < 1.29 is 22.7 Å². The van der Waals surface area contributed by atoms with Gasteiger partial charge in [-0.25, -0.2) is 4.98 Å². The second-order valence-corrected chi connectivity index (χ2v) is 6.68. The molecule has 0 aliphatic carbocycles. The van der Waals surface area contributed by atoms with Crippen LogP contribution in [-0.2, 0) is 6.18 Å². The monoisotopic (exact) mass is 421 g/mol. The van der Waals surface area contributed by atoms with E-state index in [-0.39, 0.29) is 17.4 Å².